The van der Waals surface area contributed by atoms with Crippen LogP contribution in [-0.2, 0) is 10.3 Å². The van der Waals surface area contributed by atoms with Crippen LogP contribution >= 0.6 is 11.6 Å². The lowest BCUT2D eigenvalue weighted by Gasteiger charge is -2.23. The summed E-state index contributed by atoms with van der Waals surface area (Å²) >= 11 is 6.20. The number of hydrogen-bond acceptors (Lipinski definition) is 4. The minimum atomic E-state index is -1.58. The Morgan fingerprint density at radius 3 is 2.50 bits per heavy atom. The second-order valence-electron chi connectivity index (χ2n) is 8.36. The zero-order chi connectivity index (χ0) is 23.8. The minimum Gasteiger partial charge on any atom is -0.491 e. The second kappa shape index (κ2) is 9.03. The highest BCUT2D eigenvalue weighted by molar-refractivity contribution is 6.31. The third kappa shape index (κ3) is 4.56. The molecule has 1 fully saturated rings. The number of rotatable bonds is 7. The summed E-state index contributed by atoms with van der Waals surface area (Å²) < 4.78 is 32.7. The standard InChI is InChI=1S/C23H25ClF2N2O4/c1-12(2)16-9-17(24)13(3)7-20(16)32-11-15(29)10-28-21(30)23(4,27-22(28)31)14-5-6-18(25)19(26)8-14/h5-9,12,15,29H,10-11H2,1-4H3,(H,27,31). The molecule has 1 heterocycles. The third-order valence-corrected chi connectivity index (χ3v) is 5.92. The molecule has 2 unspecified atom stereocenters. The Balaban J connectivity index is 1.71. The highest BCUT2D eigenvalue weighted by Gasteiger charge is 2.49. The number of aliphatic hydroxyl groups is 1. The summed E-state index contributed by atoms with van der Waals surface area (Å²) in [6.45, 7) is 6.71. The smallest absolute Gasteiger partial charge is 0.325 e. The molecule has 0 radical (unpaired) electrons. The fourth-order valence-corrected chi connectivity index (χ4v) is 3.73. The van der Waals surface area contributed by atoms with Gasteiger partial charge in [-0.15, -0.1) is 0 Å². The van der Waals surface area contributed by atoms with E-state index in [2.05, 4.69) is 5.32 Å². The topological polar surface area (TPSA) is 78.9 Å². The molecule has 0 aliphatic carbocycles. The molecule has 3 amide bonds. The zero-order valence-corrected chi connectivity index (χ0v) is 19.0. The van der Waals surface area contributed by atoms with Crippen molar-refractivity contribution in [2.45, 2.75) is 45.3 Å². The number of imide groups is 1. The predicted molar refractivity (Wildman–Crippen MR) is 116 cm³/mol. The van der Waals surface area contributed by atoms with E-state index in [0.717, 1.165) is 28.2 Å². The number of benzene rings is 2. The van der Waals surface area contributed by atoms with Gasteiger partial charge in [0.1, 0.15) is 24.0 Å². The van der Waals surface area contributed by atoms with E-state index < -0.39 is 35.2 Å². The number of aliphatic hydroxyl groups excluding tert-OH is 1. The summed E-state index contributed by atoms with van der Waals surface area (Å²) in [5, 5.41) is 13.5. The Hall–Kier alpha value is -2.71. The molecular weight excluding hydrogens is 442 g/mol. The van der Waals surface area contributed by atoms with Gasteiger partial charge in [0.15, 0.2) is 11.6 Å². The molecule has 1 aliphatic rings. The first-order chi connectivity index (χ1) is 14.9. The van der Waals surface area contributed by atoms with E-state index in [-0.39, 0.29) is 24.6 Å². The van der Waals surface area contributed by atoms with Gasteiger partial charge in [0.25, 0.3) is 5.91 Å². The normalized spacial score (nSPS) is 19.5. The number of urea groups is 1. The van der Waals surface area contributed by atoms with Gasteiger partial charge in [0.05, 0.1) is 6.54 Å². The van der Waals surface area contributed by atoms with Crippen molar-refractivity contribution in [3.63, 3.8) is 0 Å². The van der Waals surface area contributed by atoms with Crippen LogP contribution < -0.4 is 10.1 Å². The molecule has 0 spiro atoms. The maximum absolute atomic E-state index is 13.7. The van der Waals surface area contributed by atoms with Crippen molar-refractivity contribution in [3.05, 3.63) is 63.7 Å². The average Bonchev–Trinajstić information content (AvgIpc) is 2.94. The molecule has 1 saturated heterocycles. The Kier molecular flexibility index (Phi) is 6.76. The molecule has 2 aromatic rings. The van der Waals surface area contributed by atoms with E-state index in [1.807, 2.05) is 26.8 Å². The largest absolute Gasteiger partial charge is 0.491 e. The summed E-state index contributed by atoms with van der Waals surface area (Å²) in [5.41, 5.74) is 0.205. The molecule has 2 aromatic carbocycles. The predicted octanol–water partition coefficient (Wildman–Crippen LogP) is 4.26. The number of β-amino-alcohol motifs (C(OH)–C–C–N with tert-alkyl or cyclic N) is 1. The van der Waals surface area contributed by atoms with Gasteiger partial charge in [0.2, 0.25) is 0 Å². The lowest BCUT2D eigenvalue weighted by molar-refractivity contribution is -0.132. The molecule has 0 bridgehead atoms. The van der Waals surface area contributed by atoms with E-state index in [0.29, 0.717) is 10.8 Å². The van der Waals surface area contributed by atoms with E-state index in [1.54, 1.807) is 6.07 Å². The van der Waals surface area contributed by atoms with Crippen LogP contribution in [0.1, 0.15) is 43.4 Å². The first-order valence-electron chi connectivity index (χ1n) is 10.1. The first kappa shape index (κ1) is 23.9. The molecule has 2 N–H and O–H groups in total. The highest BCUT2D eigenvalue weighted by atomic mass is 35.5. The molecular formula is C23H25ClF2N2O4. The SMILES string of the molecule is Cc1cc(OCC(O)CN2C(=O)NC(C)(c3ccc(F)c(F)c3)C2=O)c(C(C)C)cc1Cl. The van der Waals surface area contributed by atoms with Crippen molar-refractivity contribution < 1.29 is 28.2 Å². The quantitative estimate of drug-likeness (QED) is 0.598. The summed E-state index contributed by atoms with van der Waals surface area (Å²) in [5.74, 6) is -2.18. The van der Waals surface area contributed by atoms with Crippen LogP contribution in [0.5, 0.6) is 5.75 Å². The number of halogens is 3. The van der Waals surface area contributed by atoms with Gasteiger partial charge in [-0.1, -0.05) is 31.5 Å². The lowest BCUT2D eigenvalue weighted by atomic mass is 9.92. The molecule has 6 nitrogen and oxygen atoms in total. The maximum Gasteiger partial charge on any atom is 0.325 e. The van der Waals surface area contributed by atoms with Crippen LogP contribution in [-0.4, -0.2) is 41.2 Å². The number of nitrogens with one attached hydrogen (secondary N) is 1. The van der Waals surface area contributed by atoms with Gasteiger partial charge >= 0.3 is 6.03 Å². The molecule has 3 rings (SSSR count). The van der Waals surface area contributed by atoms with Gasteiger partial charge in [-0.3, -0.25) is 9.69 Å². The van der Waals surface area contributed by atoms with Crippen LogP contribution in [0, 0.1) is 18.6 Å². The third-order valence-electron chi connectivity index (χ3n) is 5.51. The van der Waals surface area contributed by atoms with Crippen LogP contribution in [0.4, 0.5) is 13.6 Å². The summed E-state index contributed by atoms with van der Waals surface area (Å²) in [4.78, 5) is 26.2. The van der Waals surface area contributed by atoms with E-state index in [9.17, 15) is 23.5 Å². The number of hydrogen-bond donors (Lipinski definition) is 2. The Morgan fingerprint density at radius 2 is 1.88 bits per heavy atom. The molecule has 32 heavy (non-hydrogen) atoms. The molecule has 0 saturated carbocycles. The number of carbonyl (C=O) groups excluding carboxylic acids is 2. The molecule has 9 heteroatoms. The fraction of sp³-hybridized carbons (Fsp3) is 0.391. The van der Waals surface area contributed by atoms with Crippen molar-refractivity contribution in [2.24, 2.45) is 0 Å². The van der Waals surface area contributed by atoms with Crippen molar-refractivity contribution in [3.8, 4) is 5.75 Å². The first-order valence-corrected chi connectivity index (χ1v) is 10.5. The van der Waals surface area contributed by atoms with Crippen molar-refractivity contribution in [1.82, 2.24) is 10.2 Å². The summed E-state index contributed by atoms with van der Waals surface area (Å²) in [6.07, 6.45) is -1.17. The Bertz CT molecular complexity index is 1060. The van der Waals surface area contributed by atoms with Gasteiger partial charge in [-0.05, 0) is 60.7 Å². The summed E-state index contributed by atoms with van der Waals surface area (Å²) in [6, 6.07) is 5.84. The number of carbonyl (C=O) groups is 2. The number of nitrogens with zero attached hydrogens (tertiary/aromatic N) is 1. The van der Waals surface area contributed by atoms with E-state index >= 15 is 0 Å². The van der Waals surface area contributed by atoms with E-state index in [1.165, 1.54) is 13.0 Å². The summed E-state index contributed by atoms with van der Waals surface area (Å²) in [7, 11) is 0. The minimum absolute atomic E-state index is 0.0983. The highest BCUT2D eigenvalue weighted by Crippen LogP contribution is 2.33. The van der Waals surface area contributed by atoms with Crippen LogP contribution in [0.3, 0.4) is 0 Å². The molecule has 0 aromatic heterocycles. The lowest BCUT2D eigenvalue weighted by Crippen LogP contribution is -2.43. The molecule has 2 atom stereocenters. The maximum atomic E-state index is 13.7. The van der Waals surface area contributed by atoms with Gasteiger partial charge in [-0.25, -0.2) is 13.6 Å². The number of ether oxygens (including phenoxy) is 1. The van der Waals surface area contributed by atoms with Crippen LogP contribution in [0.25, 0.3) is 0 Å². The van der Waals surface area contributed by atoms with Gasteiger partial charge < -0.3 is 15.2 Å². The van der Waals surface area contributed by atoms with Gasteiger partial charge in [0, 0.05) is 5.02 Å². The Labute approximate surface area is 190 Å². The molecule has 1 aliphatic heterocycles. The zero-order valence-electron chi connectivity index (χ0n) is 18.2. The van der Waals surface area contributed by atoms with Gasteiger partial charge in [-0.2, -0.15) is 0 Å². The number of aryl methyl sites for hydroxylation is 1. The number of amides is 3. The van der Waals surface area contributed by atoms with E-state index in [4.69, 9.17) is 16.3 Å². The average molecular weight is 467 g/mol. The Morgan fingerprint density at radius 1 is 1.19 bits per heavy atom. The van der Waals surface area contributed by atoms with Crippen LogP contribution in [0.15, 0.2) is 30.3 Å². The van der Waals surface area contributed by atoms with Crippen LogP contribution in [0.2, 0.25) is 5.02 Å². The van der Waals surface area contributed by atoms with Crippen molar-refractivity contribution in [2.75, 3.05) is 13.2 Å². The second-order valence-corrected chi connectivity index (χ2v) is 8.77. The monoisotopic (exact) mass is 466 g/mol. The molecule has 172 valence electrons. The van der Waals surface area contributed by atoms with Crippen molar-refractivity contribution in [1.29, 1.82) is 0 Å². The fourth-order valence-electron chi connectivity index (χ4n) is 3.56. The van der Waals surface area contributed by atoms with Crippen molar-refractivity contribution >= 4 is 23.5 Å².